The molecule has 23 heavy (non-hydrogen) atoms. The second kappa shape index (κ2) is 3.82. The van der Waals surface area contributed by atoms with Crippen LogP contribution in [0, 0.1) is 0 Å². The predicted molar refractivity (Wildman–Crippen MR) is 88.7 cm³/mol. The number of benzene rings is 4. The van der Waals surface area contributed by atoms with E-state index in [2.05, 4.69) is 36.4 Å². The first-order valence-corrected chi connectivity index (χ1v) is 7.96. The first kappa shape index (κ1) is 12.3. The third kappa shape index (κ3) is 1.33. The zero-order valence-corrected chi connectivity index (χ0v) is 12.2. The van der Waals surface area contributed by atoms with Crippen LogP contribution in [0.2, 0.25) is 0 Å². The van der Waals surface area contributed by atoms with Crippen LogP contribution < -0.4 is 0 Å². The lowest BCUT2D eigenvalue weighted by Crippen LogP contribution is -2.29. The van der Waals surface area contributed by atoms with Crippen LogP contribution >= 0.6 is 0 Å². The quantitative estimate of drug-likeness (QED) is 0.386. The van der Waals surface area contributed by atoms with Gasteiger partial charge in [-0.15, -0.1) is 0 Å². The minimum atomic E-state index is -0.900. The number of rotatable bonds is 0. The Balaban J connectivity index is 1.95. The molecule has 0 bridgehead atoms. The van der Waals surface area contributed by atoms with Gasteiger partial charge in [-0.25, -0.2) is 0 Å². The minimum Gasteiger partial charge on any atom is -0.387 e. The van der Waals surface area contributed by atoms with Crippen molar-refractivity contribution >= 4 is 32.3 Å². The standard InChI is InChI=1S/C20H14O3/c21-17-15-11-5-1-3-9-7-8-10-4-2-6-12(14(10)13(9)11)16(15)19-20(23-19)18(17)22/h1-8,17-22H/t17-,18+,19-,20+/m0/s1. The number of hydrogen-bond donors (Lipinski definition) is 2. The molecule has 2 aliphatic rings. The van der Waals surface area contributed by atoms with Crippen LogP contribution in [-0.2, 0) is 4.74 Å². The van der Waals surface area contributed by atoms with Crippen LogP contribution in [0.25, 0.3) is 32.3 Å². The van der Waals surface area contributed by atoms with E-state index in [9.17, 15) is 10.2 Å². The zero-order valence-electron chi connectivity index (χ0n) is 12.2. The summed E-state index contributed by atoms with van der Waals surface area (Å²) in [4.78, 5) is 0. The third-order valence-corrected chi connectivity index (χ3v) is 5.52. The topological polar surface area (TPSA) is 53.0 Å². The molecule has 0 spiro atoms. The molecule has 112 valence electrons. The first-order chi connectivity index (χ1) is 11.3. The maximum atomic E-state index is 10.7. The van der Waals surface area contributed by atoms with Gasteiger partial charge >= 0.3 is 0 Å². The normalized spacial score (nSPS) is 29.1. The molecular formula is C20H14O3. The van der Waals surface area contributed by atoms with Crippen LogP contribution in [0.5, 0.6) is 0 Å². The van der Waals surface area contributed by atoms with Gasteiger partial charge in [0.25, 0.3) is 0 Å². The van der Waals surface area contributed by atoms with Gasteiger partial charge in [0, 0.05) is 0 Å². The van der Waals surface area contributed by atoms with Gasteiger partial charge in [-0.3, -0.25) is 0 Å². The van der Waals surface area contributed by atoms with Gasteiger partial charge in [0.2, 0.25) is 0 Å². The summed E-state index contributed by atoms with van der Waals surface area (Å²) in [6.45, 7) is 0. The SMILES string of the molecule is O[C@H]1[C@H]2O[C@H]2c2c(c3cccc4ccc5cccc2c5c43)[C@@H]1O. The Morgan fingerprint density at radius 2 is 1.35 bits per heavy atom. The second-order valence-corrected chi connectivity index (χ2v) is 6.66. The Hall–Kier alpha value is -2.20. The summed E-state index contributed by atoms with van der Waals surface area (Å²) < 4.78 is 5.70. The summed E-state index contributed by atoms with van der Waals surface area (Å²) in [5.74, 6) is 0. The molecule has 0 unspecified atom stereocenters. The summed E-state index contributed by atoms with van der Waals surface area (Å²) in [6.07, 6.45) is -2.12. The van der Waals surface area contributed by atoms with Gasteiger partial charge in [-0.2, -0.15) is 0 Å². The number of aliphatic hydroxyl groups is 2. The van der Waals surface area contributed by atoms with Crippen molar-refractivity contribution < 1.29 is 14.9 Å². The van der Waals surface area contributed by atoms with Crippen molar-refractivity contribution in [1.82, 2.24) is 0 Å². The lowest BCUT2D eigenvalue weighted by atomic mass is 9.79. The van der Waals surface area contributed by atoms with Crippen LogP contribution in [0.3, 0.4) is 0 Å². The van der Waals surface area contributed by atoms with Crippen LogP contribution in [-0.4, -0.2) is 22.4 Å². The molecule has 6 rings (SSSR count). The lowest BCUT2D eigenvalue weighted by molar-refractivity contribution is 0.000929. The Bertz CT molecular complexity index is 1100. The monoisotopic (exact) mass is 302 g/mol. The van der Waals surface area contributed by atoms with E-state index in [0.29, 0.717) is 0 Å². The van der Waals surface area contributed by atoms with Crippen molar-refractivity contribution in [2.75, 3.05) is 0 Å². The van der Waals surface area contributed by atoms with E-state index in [1.54, 1.807) is 0 Å². The highest BCUT2D eigenvalue weighted by Gasteiger charge is 2.55. The molecule has 3 heteroatoms. The van der Waals surface area contributed by atoms with Gasteiger partial charge in [0.05, 0.1) is 0 Å². The highest BCUT2D eigenvalue weighted by molar-refractivity contribution is 6.25. The van der Waals surface area contributed by atoms with Crippen LogP contribution in [0.1, 0.15) is 23.3 Å². The summed E-state index contributed by atoms with van der Waals surface area (Å²) in [5, 5.41) is 28.0. The van der Waals surface area contributed by atoms with Gasteiger partial charge in [-0.05, 0) is 43.4 Å². The largest absolute Gasteiger partial charge is 0.387 e. The van der Waals surface area contributed by atoms with E-state index in [4.69, 9.17) is 4.74 Å². The summed E-state index contributed by atoms with van der Waals surface area (Å²) in [5.41, 5.74) is 1.90. The summed E-state index contributed by atoms with van der Waals surface area (Å²) >= 11 is 0. The molecule has 4 aromatic rings. The molecule has 1 saturated heterocycles. The van der Waals surface area contributed by atoms with Crippen LogP contribution in [0.15, 0.2) is 48.5 Å². The first-order valence-electron chi connectivity index (χ1n) is 7.96. The smallest absolute Gasteiger partial charge is 0.118 e. The van der Waals surface area contributed by atoms with E-state index >= 15 is 0 Å². The highest BCUT2D eigenvalue weighted by atomic mass is 16.6. The number of fused-ring (bicyclic) bond motifs is 5. The molecule has 3 nitrogen and oxygen atoms in total. The van der Waals surface area contributed by atoms with Crippen LogP contribution in [0.4, 0.5) is 0 Å². The maximum absolute atomic E-state index is 10.7. The maximum Gasteiger partial charge on any atom is 0.118 e. The average molecular weight is 302 g/mol. The van der Waals surface area contributed by atoms with E-state index in [1.165, 1.54) is 16.2 Å². The number of aliphatic hydroxyl groups excluding tert-OH is 2. The van der Waals surface area contributed by atoms with Gasteiger partial charge in [0.15, 0.2) is 0 Å². The second-order valence-electron chi connectivity index (χ2n) is 6.66. The van der Waals surface area contributed by atoms with Gasteiger partial charge in [0.1, 0.15) is 24.4 Å². The Kier molecular flexibility index (Phi) is 2.03. The van der Waals surface area contributed by atoms with E-state index in [0.717, 1.165) is 27.3 Å². The number of epoxide rings is 1. The Morgan fingerprint density at radius 3 is 2.00 bits per heavy atom. The molecule has 4 atom stereocenters. The van der Waals surface area contributed by atoms with E-state index in [-0.39, 0.29) is 12.2 Å². The molecule has 0 aromatic heterocycles. The zero-order chi connectivity index (χ0) is 15.3. The molecule has 1 aliphatic heterocycles. The van der Waals surface area contributed by atoms with Crippen molar-refractivity contribution in [2.45, 2.75) is 24.4 Å². The fourth-order valence-electron chi connectivity index (χ4n) is 4.49. The molecule has 2 N–H and O–H groups in total. The molecule has 0 amide bonds. The number of hydrogen-bond acceptors (Lipinski definition) is 3. The van der Waals surface area contributed by atoms with Crippen molar-refractivity contribution in [1.29, 1.82) is 0 Å². The Labute approximate surface area is 132 Å². The lowest BCUT2D eigenvalue weighted by Gasteiger charge is -2.27. The predicted octanol–water partition coefficient (Wildman–Crippen LogP) is 3.43. The molecule has 0 saturated carbocycles. The minimum absolute atomic E-state index is 0.0994. The molecule has 1 aliphatic carbocycles. The van der Waals surface area contributed by atoms with Gasteiger partial charge < -0.3 is 14.9 Å². The van der Waals surface area contributed by atoms with Crippen molar-refractivity contribution in [2.24, 2.45) is 0 Å². The summed E-state index contributed by atoms with van der Waals surface area (Å²) in [6, 6.07) is 16.7. The van der Waals surface area contributed by atoms with E-state index in [1.807, 2.05) is 12.1 Å². The molecule has 1 heterocycles. The fourth-order valence-corrected chi connectivity index (χ4v) is 4.49. The van der Waals surface area contributed by atoms with Gasteiger partial charge in [-0.1, -0.05) is 48.5 Å². The highest BCUT2D eigenvalue weighted by Crippen LogP contribution is 2.56. The molecular weight excluding hydrogens is 288 g/mol. The average Bonchev–Trinajstić information content (AvgIpc) is 3.38. The number of ether oxygens (including phenoxy) is 1. The third-order valence-electron chi connectivity index (χ3n) is 5.52. The van der Waals surface area contributed by atoms with Crippen molar-refractivity contribution in [3.8, 4) is 0 Å². The van der Waals surface area contributed by atoms with Crippen molar-refractivity contribution in [3.05, 3.63) is 59.7 Å². The summed E-state index contributed by atoms with van der Waals surface area (Å²) in [7, 11) is 0. The molecule has 0 radical (unpaired) electrons. The fraction of sp³-hybridized carbons (Fsp3) is 0.200. The molecule has 4 aromatic carbocycles. The van der Waals surface area contributed by atoms with Crippen molar-refractivity contribution in [3.63, 3.8) is 0 Å². The Morgan fingerprint density at radius 1 is 0.739 bits per heavy atom. The van der Waals surface area contributed by atoms with E-state index < -0.39 is 12.2 Å². The molecule has 1 fully saturated rings.